The molecule has 0 radical (unpaired) electrons. The quantitative estimate of drug-likeness (QED) is 0.910. The van der Waals surface area contributed by atoms with E-state index in [1.54, 1.807) is 7.11 Å². The third kappa shape index (κ3) is 2.93. The highest BCUT2D eigenvalue weighted by molar-refractivity contribution is 5.29. The van der Waals surface area contributed by atoms with E-state index in [4.69, 9.17) is 9.47 Å². The molecule has 1 fully saturated rings. The van der Waals surface area contributed by atoms with Gasteiger partial charge in [0, 0.05) is 5.92 Å². The first-order valence-corrected chi connectivity index (χ1v) is 6.77. The Labute approximate surface area is 115 Å². The predicted octanol–water partition coefficient (Wildman–Crippen LogP) is 3.32. The zero-order valence-corrected chi connectivity index (χ0v) is 12.4. The van der Waals surface area contributed by atoms with Gasteiger partial charge in [-0.05, 0) is 51.8 Å². The molecule has 1 N–H and O–H groups in total. The van der Waals surface area contributed by atoms with Crippen molar-refractivity contribution < 1.29 is 14.6 Å². The van der Waals surface area contributed by atoms with E-state index in [-0.39, 0.29) is 17.1 Å². The maximum Gasteiger partial charge on any atom is 0.118 e. The van der Waals surface area contributed by atoms with Crippen LogP contribution in [0.3, 0.4) is 0 Å². The van der Waals surface area contributed by atoms with E-state index in [9.17, 15) is 5.11 Å². The van der Waals surface area contributed by atoms with Crippen LogP contribution in [0.5, 0.6) is 5.75 Å². The number of hydrogen-bond donors (Lipinski definition) is 1. The minimum absolute atomic E-state index is 0.0934. The molecule has 106 valence electrons. The van der Waals surface area contributed by atoms with Crippen molar-refractivity contribution in [2.75, 3.05) is 7.11 Å². The van der Waals surface area contributed by atoms with Crippen LogP contribution in [-0.4, -0.2) is 23.4 Å². The Morgan fingerprint density at radius 2 is 1.79 bits per heavy atom. The number of benzene rings is 1. The summed E-state index contributed by atoms with van der Waals surface area (Å²) in [5.41, 5.74) is 0.421. The molecule has 2 unspecified atom stereocenters. The maximum atomic E-state index is 10.6. The van der Waals surface area contributed by atoms with Gasteiger partial charge in [-0.1, -0.05) is 12.1 Å². The number of methoxy groups -OCH3 is 1. The number of ether oxygens (including phenoxy) is 2. The summed E-state index contributed by atoms with van der Waals surface area (Å²) >= 11 is 0. The molecule has 2 atom stereocenters. The molecule has 1 aromatic rings. The lowest BCUT2D eigenvalue weighted by Gasteiger charge is -2.30. The van der Waals surface area contributed by atoms with E-state index in [0.717, 1.165) is 17.7 Å². The van der Waals surface area contributed by atoms with Gasteiger partial charge in [0.25, 0.3) is 0 Å². The second kappa shape index (κ2) is 4.80. The lowest BCUT2D eigenvalue weighted by molar-refractivity contribution is -0.0880. The van der Waals surface area contributed by atoms with E-state index >= 15 is 0 Å². The standard InChI is InChI=1S/C16H24O3/c1-15(2)10-13(16(3,4)19-15)14(17)11-6-8-12(18-5)9-7-11/h6-9,13-14,17H,10H2,1-5H3. The fourth-order valence-corrected chi connectivity index (χ4v) is 3.13. The van der Waals surface area contributed by atoms with Crippen molar-refractivity contribution in [2.45, 2.75) is 51.4 Å². The summed E-state index contributed by atoms with van der Waals surface area (Å²) in [4.78, 5) is 0. The van der Waals surface area contributed by atoms with Gasteiger partial charge in [0.2, 0.25) is 0 Å². The lowest BCUT2D eigenvalue weighted by Crippen LogP contribution is -2.32. The summed E-state index contributed by atoms with van der Waals surface area (Å²) in [6.07, 6.45) is 0.343. The third-order valence-electron chi connectivity index (χ3n) is 3.98. The summed E-state index contributed by atoms with van der Waals surface area (Å²) < 4.78 is 11.2. The zero-order valence-electron chi connectivity index (χ0n) is 12.4. The second-order valence-electron chi connectivity index (χ2n) is 6.49. The van der Waals surface area contributed by atoms with Crippen LogP contribution < -0.4 is 4.74 Å². The van der Waals surface area contributed by atoms with Crippen molar-refractivity contribution in [3.63, 3.8) is 0 Å². The van der Waals surface area contributed by atoms with Gasteiger partial charge < -0.3 is 14.6 Å². The van der Waals surface area contributed by atoms with E-state index in [1.807, 2.05) is 24.3 Å². The highest BCUT2D eigenvalue weighted by Gasteiger charge is 2.49. The highest BCUT2D eigenvalue weighted by Crippen LogP contribution is 2.47. The van der Waals surface area contributed by atoms with Crippen molar-refractivity contribution in [1.82, 2.24) is 0 Å². The number of aliphatic hydroxyl groups is 1. The SMILES string of the molecule is COc1ccc(C(O)C2CC(C)(C)OC2(C)C)cc1. The molecule has 2 rings (SSSR count). The van der Waals surface area contributed by atoms with E-state index in [0.29, 0.717) is 0 Å². The largest absolute Gasteiger partial charge is 0.497 e. The molecule has 0 aliphatic carbocycles. The van der Waals surface area contributed by atoms with Gasteiger partial charge in [0.15, 0.2) is 0 Å². The molecular formula is C16H24O3. The van der Waals surface area contributed by atoms with Gasteiger partial charge in [0.1, 0.15) is 5.75 Å². The molecule has 1 aromatic carbocycles. The normalized spacial score (nSPS) is 26.1. The van der Waals surface area contributed by atoms with Crippen molar-refractivity contribution in [3.8, 4) is 5.75 Å². The highest BCUT2D eigenvalue weighted by atomic mass is 16.5. The summed E-state index contributed by atoms with van der Waals surface area (Å²) in [7, 11) is 1.64. The average molecular weight is 264 g/mol. The van der Waals surface area contributed by atoms with Crippen LogP contribution in [0, 0.1) is 5.92 Å². The number of aliphatic hydroxyl groups excluding tert-OH is 1. The van der Waals surface area contributed by atoms with Crippen LogP contribution in [0.1, 0.15) is 45.8 Å². The predicted molar refractivity (Wildman–Crippen MR) is 75.3 cm³/mol. The molecule has 19 heavy (non-hydrogen) atoms. The molecule has 1 aliphatic rings. The summed E-state index contributed by atoms with van der Waals surface area (Å²) in [6.45, 7) is 8.27. The van der Waals surface area contributed by atoms with Gasteiger partial charge in [-0.2, -0.15) is 0 Å². The molecule has 1 saturated heterocycles. The Morgan fingerprint density at radius 1 is 1.21 bits per heavy atom. The van der Waals surface area contributed by atoms with E-state index < -0.39 is 6.10 Å². The van der Waals surface area contributed by atoms with Crippen molar-refractivity contribution in [2.24, 2.45) is 5.92 Å². The molecule has 1 heterocycles. The zero-order chi connectivity index (χ0) is 14.3. The van der Waals surface area contributed by atoms with Gasteiger partial charge in [0.05, 0.1) is 24.4 Å². The third-order valence-corrected chi connectivity index (χ3v) is 3.98. The first kappa shape index (κ1) is 14.4. The number of hydrogen-bond acceptors (Lipinski definition) is 3. The fraction of sp³-hybridized carbons (Fsp3) is 0.625. The van der Waals surface area contributed by atoms with Crippen LogP contribution in [-0.2, 0) is 4.74 Å². The van der Waals surface area contributed by atoms with E-state index in [1.165, 1.54) is 0 Å². The molecule has 0 bridgehead atoms. The molecule has 0 spiro atoms. The van der Waals surface area contributed by atoms with Crippen LogP contribution >= 0.6 is 0 Å². The van der Waals surface area contributed by atoms with Gasteiger partial charge in [-0.15, -0.1) is 0 Å². The Kier molecular flexibility index (Phi) is 3.63. The molecule has 3 nitrogen and oxygen atoms in total. The Morgan fingerprint density at radius 3 is 2.21 bits per heavy atom. The van der Waals surface area contributed by atoms with Crippen molar-refractivity contribution in [3.05, 3.63) is 29.8 Å². The van der Waals surface area contributed by atoms with Crippen molar-refractivity contribution in [1.29, 1.82) is 0 Å². The van der Waals surface area contributed by atoms with E-state index in [2.05, 4.69) is 27.7 Å². The van der Waals surface area contributed by atoms with Crippen LogP contribution in [0.15, 0.2) is 24.3 Å². The minimum Gasteiger partial charge on any atom is -0.497 e. The number of rotatable bonds is 3. The summed E-state index contributed by atoms with van der Waals surface area (Å²) in [5, 5.41) is 10.6. The van der Waals surface area contributed by atoms with Gasteiger partial charge in [-0.25, -0.2) is 0 Å². The summed E-state index contributed by atoms with van der Waals surface area (Å²) in [5.74, 6) is 0.897. The maximum absolute atomic E-state index is 10.6. The smallest absolute Gasteiger partial charge is 0.118 e. The van der Waals surface area contributed by atoms with Gasteiger partial charge in [-0.3, -0.25) is 0 Å². The molecule has 0 saturated carbocycles. The Bertz CT molecular complexity index is 434. The van der Waals surface area contributed by atoms with Gasteiger partial charge >= 0.3 is 0 Å². The minimum atomic E-state index is -0.511. The Balaban J connectivity index is 2.21. The fourth-order valence-electron chi connectivity index (χ4n) is 3.13. The first-order chi connectivity index (χ1) is 8.75. The molecule has 3 heteroatoms. The van der Waals surface area contributed by atoms with Crippen LogP contribution in [0.2, 0.25) is 0 Å². The topological polar surface area (TPSA) is 38.7 Å². The molecule has 0 aromatic heterocycles. The van der Waals surface area contributed by atoms with Crippen LogP contribution in [0.25, 0.3) is 0 Å². The average Bonchev–Trinajstić information content (AvgIpc) is 2.56. The van der Waals surface area contributed by atoms with Crippen LogP contribution in [0.4, 0.5) is 0 Å². The summed E-state index contributed by atoms with van der Waals surface area (Å²) in [6, 6.07) is 7.61. The Hall–Kier alpha value is -1.06. The first-order valence-electron chi connectivity index (χ1n) is 6.77. The second-order valence-corrected chi connectivity index (χ2v) is 6.49. The van der Waals surface area contributed by atoms with Crippen molar-refractivity contribution >= 4 is 0 Å². The molecular weight excluding hydrogens is 240 g/mol. The monoisotopic (exact) mass is 264 g/mol. The molecule has 1 aliphatic heterocycles. The lowest BCUT2D eigenvalue weighted by atomic mass is 9.80. The molecule has 0 amide bonds.